The van der Waals surface area contributed by atoms with Crippen molar-refractivity contribution in [3.8, 4) is 0 Å². The molecule has 6 nitrogen and oxygen atoms in total. The fourth-order valence-electron chi connectivity index (χ4n) is 3.37. The van der Waals surface area contributed by atoms with Crippen LogP contribution in [0.15, 0.2) is 48.5 Å². The lowest BCUT2D eigenvalue weighted by atomic mass is 10.0. The molecule has 0 radical (unpaired) electrons. The summed E-state index contributed by atoms with van der Waals surface area (Å²) in [5.74, 6) is -1.73. The van der Waals surface area contributed by atoms with E-state index in [0.717, 1.165) is 24.3 Å². The van der Waals surface area contributed by atoms with E-state index in [9.17, 15) is 45.0 Å². The van der Waals surface area contributed by atoms with Gasteiger partial charge in [0, 0.05) is 6.08 Å². The minimum atomic E-state index is -5.07. The molecule has 1 saturated heterocycles. The third-order valence-corrected chi connectivity index (χ3v) is 7.28. The normalized spacial score (nSPS) is 17.8. The first-order chi connectivity index (χ1) is 16.5. The molecule has 1 fully saturated rings. The number of alkyl halides is 6. The molecule has 1 unspecified atom stereocenters. The maximum Gasteiger partial charge on any atom is 0.416 e. The number of halogens is 7. The molecule has 2 aromatic carbocycles. The van der Waals surface area contributed by atoms with E-state index < -0.39 is 58.0 Å². The smallest absolute Gasteiger partial charge is 0.346 e. The van der Waals surface area contributed by atoms with Gasteiger partial charge in [0.2, 0.25) is 5.91 Å². The summed E-state index contributed by atoms with van der Waals surface area (Å²) in [6.45, 7) is 0. The molecule has 36 heavy (non-hydrogen) atoms. The third kappa shape index (κ3) is 7.15. The standard InChI is InChI=1S/C22H19ClF6N2O4S/c23-17-8-12(4-6-16(17)20(33)30-15-10-36(34,35)11-15)5-7-18(32)31-19(22(27,28)29)13-2-1-3-14(9-13)21(24,25)26/h1-9,15,19,34-35H,10-11H2,(H,30,33)(H,31,32). The van der Waals surface area contributed by atoms with Gasteiger partial charge < -0.3 is 10.6 Å². The van der Waals surface area contributed by atoms with Gasteiger partial charge in [0.15, 0.2) is 6.04 Å². The van der Waals surface area contributed by atoms with Gasteiger partial charge in [0.25, 0.3) is 5.91 Å². The van der Waals surface area contributed by atoms with Gasteiger partial charge in [-0.15, -0.1) is 0 Å². The zero-order valence-electron chi connectivity index (χ0n) is 18.0. The van der Waals surface area contributed by atoms with E-state index in [1.54, 1.807) is 5.32 Å². The van der Waals surface area contributed by atoms with Crippen LogP contribution in [-0.4, -0.2) is 44.6 Å². The summed E-state index contributed by atoms with van der Waals surface area (Å²) in [4.78, 5) is 24.4. The fraction of sp³-hybridized carbons (Fsp3) is 0.273. The molecule has 0 spiro atoms. The van der Waals surface area contributed by atoms with Crippen LogP contribution in [0.4, 0.5) is 26.3 Å². The monoisotopic (exact) mass is 556 g/mol. The van der Waals surface area contributed by atoms with Crippen LogP contribution in [0, 0.1) is 0 Å². The van der Waals surface area contributed by atoms with Crippen LogP contribution in [0.1, 0.15) is 33.1 Å². The van der Waals surface area contributed by atoms with E-state index >= 15 is 0 Å². The van der Waals surface area contributed by atoms with E-state index in [-0.39, 0.29) is 27.7 Å². The van der Waals surface area contributed by atoms with Crippen molar-refractivity contribution in [2.75, 3.05) is 11.5 Å². The Morgan fingerprint density at radius 1 is 1.06 bits per heavy atom. The Hall–Kier alpha value is -2.74. The highest BCUT2D eigenvalue weighted by atomic mass is 35.5. The number of nitrogens with one attached hydrogen (secondary N) is 2. The van der Waals surface area contributed by atoms with Crippen molar-refractivity contribution < 1.29 is 45.0 Å². The minimum absolute atomic E-state index is 0.0295. The molecule has 3 rings (SSSR count). The molecule has 196 valence electrons. The molecule has 0 aromatic heterocycles. The van der Waals surface area contributed by atoms with E-state index in [2.05, 4.69) is 5.32 Å². The van der Waals surface area contributed by atoms with Gasteiger partial charge in [-0.3, -0.25) is 18.7 Å². The number of hydrogen-bond acceptors (Lipinski definition) is 4. The van der Waals surface area contributed by atoms with Crippen LogP contribution in [-0.2, 0) is 11.0 Å². The molecular formula is C22H19ClF6N2O4S. The number of benzene rings is 2. The van der Waals surface area contributed by atoms with Crippen molar-refractivity contribution in [3.63, 3.8) is 0 Å². The second kappa shape index (κ2) is 10.3. The summed E-state index contributed by atoms with van der Waals surface area (Å²) in [7, 11) is -2.65. The molecule has 1 heterocycles. The maximum atomic E-state index is 13.5. The molecule has 1 aliphatic heterocycles. The zero-order chi connectivity index (χ0) is 26.9. The third-order valence-electron chi connectivity index (χ3n) is 5.10. The molecule has 2 amide bonds. The second-order valence-corrected chi connectivity index (χ2v) is 10.7. The Labute approximate surface area is 207 Å². The predicted molar refractivity (Wildman–Crippen MR) is 123 cm³/mol. The highest BCUT2D eigenvalue weighted by Gasteiger charge is 2.42. The van der Waals surface area contributed by atoms with Gasteiger partial charge in [-0.2, -0.15) is 36.9 Å². The fourth-order valence-corrected chi connectivity index (χ4v) is 5.00. The van der Waals surface area contributed by atoms with Gasteiger partial charge in [-0.05, 0) is 41.5 Å². The van der Waals surface area contributed by atoms with Crippen molar-refractivity contribution in [3.05, 3.63) is 75.8 Å². The summed E-state index contributed by atoms with van der Waals surface area (Å²) < 4.78 is 97.9. The van der Waals surface area contributed by atoms with Crippen LogP contribution in [0.2, 0.25) is 5.02 Å². The highest BCUT2D eigenvalue weighted by Crippen LogP contribution is 2.48. The number of rotatable bonds is 6. The molecular weight excluding hydrogens is 538 g/mol. The summed E-state index contributed by atoms with van der Waals surface area (Å²) in [5.41, 5.74) is -1.76. The predicted octanol–water partition coefficient (Wildman–Crippen LogP) is 5.65. The van der Waals surface area contributed by atoms with Crippen molar-refractivity contribution in [2.45, 2.75) is 24.4 Å². The molecule has 4 N–H and O–H groups in total. The number of carbonyl (C=O) groups is 2. The first-order valence-electron chi connectivity index (χ1n) is 10.1. The van der Waals surface area contributed by atoms with Gasteiger partial charge in [0.1, 0.15) is 0 Å². The quantitative estimate of drug-likeness (QED) is 0.273. The molecule has 2 aromatic rings. The van der Waals surface area contributed by atoms with Gasteiger partial charge >= 0.3 is 12.4 Å². The molecule has 1 aliphatic rings. The van der Waals surface area contributed by atoms with Gasteiger partial charge in [0.05, 0.1) is 33.7 Å². The first kappa shape index (κ1) is 27.8. The van der Waals surface area contributed by atoms with Crippen molar-refractivity contribution in [1.29, 1.82) is 0 Å². The summed E-state index contributed by atoms with van der Waals surface area (Å²) in [5, 5.41) is 4.21. The summed E-state index contributed by atoms with van der Waals surface area (Å²) in [6, 6.07) is 3.44. The van der Waals surface area contributed by atoms with Crippen LogP contribution in [0.5, 0.6) is 0 Å². The molecule has 1 atom stereocenters. The lowest BCUT2D eigenvalue weighted by Crippen LogP contribution is -2.50. The van der Waals surface area contributed by atoms with Gasteiger partial charge in [-0.25, -0.2) is 0 Å². The Morgan fingerprint density at radius 2 is 1.72 bits per heavy atom. The summed E-state index contributed by atoms with van der Waals surface area (Å²) >= 11 is 6.09. The Kier molecular flexibility index (Phi) is 7.98. The molecule has 14 heteroatoms. The first-order valence-corrected chi connectivity index (χ1v) is 12.4. The van der Waals surface area contributed by atoms with Crippen molar-refractivity contribution >= 4 is 40.1 Å². The summed E-state index contributed by atoms with van der Waals surface area (Å²) in [6.07, 6.45) is -8.07. The topological polar surface area (TPSA) is 98.7 Å². The Balaban J connectivity index is 1.69. The van der Waals surface area contributed by atoms with E-state index in [1.165, 1.54) is 18.2 Å². The average Bonchev–Trinajstić information content (AvgIpc) is 2.73. The minimum Gasteiger partial charge on any atom is -0.346 e. The van der Waals surface area contributed by atoms with E-state index in [4.69, 9.17) is 11.6 Å². The average molecular weight is 557 g/mol. The largest absolute Gasteiger partial charge is 0.416 e. The lowest BCUT2D eigenvalue weighted by Gasteiger charge is -2.47. The van der Waals surface area contributed by atoms with Crippen LogP contribution in [0.3, 0.4) is 0 Å². The Bertz CT molecular complexity index is 1180. The molecule has 0 saturated carbocycles. The van der Waals surface area contributed by atoms with Gasteiger partial charge in [-0.1, -0.05) is 29.8 Å². The SMILES string of the molecule is O=C(C=Cc1ccc(C(=O)NC2CS(O)(O)C2)c(Cl)c1)NC(c1cccc(C(F)(F)F)c1)C(F)(F)F. The second-order valence-electron chi connectivity index (χ2n) is 7.98. The highest BCUT2D eigenvalue weighted by molar-refractivity contribution is 8.25. The van der Waals surface area contributed by atoms with Crippen LogP contribution in [0.25, 0.3) is 6.08 Å². The molecule has 0 aliphatic carbocycles. The number of hydrogen-bond donors (Lipinski definition) is 4. The van der Waals surface area contributed by atoms with E-state index in [1.807, 2.05) is 0 Å². The maximum absolute atomic E-state index is 13.5. The zero-order valence-corrected chi connectivity index (χ0v) is 19.6. The van der Waals surface area contributed by atoms with Crippen LogP contribution < -0.4 is 10.6 Å². The van der Waals surface area contributed by atoms with Crippen molar-refractivity contribution in [1.82, 2.24) is 10.6 Å². The van der Waals surface area contributed by atoms with Crippen LogP contribution >= 0.6 is 22.2 Å². The molecule has 0 bridgehead atoms. The number of amides is 2. The van der Waals surface area contributed by atoms with E-state index in [0.29, 0.717) is 12.1 Å². The van der Waals surface area contributed by atoms with Crippen molar-refractivity contribution in [2.24, 2.45) is 0 Å². The number of carbonyl (C=O) groups excluding carboxylic acids is 2. The lowest BCUT2D eigenvalue weighted by molar-refractivity contribution is -0.162. The Morgan fingerprint density at radius 3 is 2.28 bits per heavy atom.